The normalized spacial score (nSPS) is 13.1. The van der Waals surface area contributed by atoms with Crippen molar-refractivity contribution in [1.29, 1.82) is 0 Å². The van der Waals surface area contributed by atoms with Gasteiger partial charge < -0.3 is 19.7 Å². The quantitative estimate of drug-likeness (QED) is 0.792. The Morgan fingerprint density at radius 1 is 1.31 bits per heavy atom. The maximum Gasteiger partial charge on any atom is 0.231 e. The van der Waals surface area contributed by atoms with Gasteiger partial charge >= 0.3 is 0 Å². The van der Waals surface area contributed by atoms with Gasteiger partial charge in [0.1, 0.15) is 0 Å². The van der Waals surface area contributed by atoms with Crippen molar-refractivity contribution in [3.63, 3.8) is 0 Å². The lowest BCUT2D eigenvalue weighted by Gasteiger charge is -2.07. The van der Waals surface area contributed by atoms with Crippen molar-refractivity contribution < 1.29 is 14.0 Å². The highest BCUT2D eigenvalue weighted by Crippen LogP contribution is 2.44. The zero-order valence-corrected chi connectivity index (χ0v) is 8.69. The Morgan fingerprint density at radius 2 is 2.19 bits per heavy atom. The molecule has 3 rings (SSSR count). The molecule has 0 unspecified atom stereocenters. The predicted molar refractivity (Wildman–Crippen MR) is 57.2 cm³/mol. The second-order valence-corrected chi connectivity index (χ2v) is 3.59. The van der Waals surface area contributed by atoms with Crippen LogP contribution in [-0.2, 0) is 0 Å². The maximum absolute atomic E-state index is 5.71. The molecule has 0 atom stereocenters. The molecule has 0 radical (unpaired) electrons. The molecule has 0 saturated carbocycles. The minimum absolute atomic E-state index is 0.233. The number of aryl methyl sites for hydroxylation is 1. The van der Waals surface area contributed by atoms with Crippen LogP contribution < -0.4 is 15.2 Å². The van der Waals surface area contributed by atoms with E-state index in [9.17, 15) is 0 Å². The molecule has 0 amide bonds. The molecule has 5 nitrogen and oxygen atoms in total. The fourth-order valence-electron chi connectivity index (χ4n) is 1.84. The minimum Gasteiger partial charge on any atom is -0.454 e. The van der Waals surface area contributed by atoms with E-state index in [1.165, 1.54) is 0 Å². The fraction of sp³-hybridized carbons (Fsp3) is 0.182. The summed E-state index contributed by atoms with van der Waals surface area (Å²) in [6.07, 6.45) is 1.58. The van der Waals surface area contributed by atoms with Crippen LogP contribution in [0.1, 0.15) is 5.56 Å². The Morgan fingerprint density at radius 3 is 2.94 bits per heavy atom. The summed E-state index contributed by atoms with van der Waals surface area (Å²) in [6, 6.07) is 3.83. The summed E-state index contributed by atoms with van der Waals surface area (Å²) in [5.41, 5.74) is 8.37. The van der Waals surface area contributed by atoms with Gasteiger partial charge in [-0.3, -0.25) is 0 Å². The Bertz CT molecular complexity index is 548. The number of fused-ring (bicyclic) bond motifs is 1. The van der Waals surface area contributed by atoms with E-state index in [2.05, 4.69) is 5.16 Å². The van der Waals surface area contributed by atoms with Crippen LogP contribution in [0.15, 0.2) is 22.9 Å². The van der Waals surface area contributed by atoms with E-state index in [0.29, 0.717) is 5.75 Å². The second-order valence-electron chi connectivity index (χ2n) is 3.59. The molecule has 0 bridgehead atoms. The Kier molecular flexibility index (Phi) is 1.80. The summed E-state index contributed by atoms with van der Waals surface area (Å²) in [5, 5.41) is 3.67. The number of hydrogen-bond acceptors (Lipinski definition) is 5. The first-order valence-corrected chi connectivity index (χ1v) is 4.87. The molecule has 2 heterocycles. The monoisotopic (exact) mass is 218 g/mol. The van der Waals surface area contributed by atoms with Gasteiger partial charge in [-0.25, -0.2) is 0 Å². The van der Waals surface area contributed by atoms with Gasteiger partial charge in [0, 0.05) is 5.56 Å². The van der Waals surface area contributed by atoms with Crippen molar-refractivity contribution in [3.8, 4) is 22.6 Å². The van der Waals surface area contributed by atoms with Crippen LogP contribution in [0.25, 0.3) is 11.1 Å². The zero-order valence-electron chi connectivity index (χ0n) is 8.69. The molecule has 82 valence electrons. The van der Waals surface area contributed by atoms with E-state index in [1.807, 2.05) is 19.1 Å². The number of rotatable bonds is 1. The van der Waals surface area contributed by atoms with Gasteiger partial charge in [0.05, 0.1) is 11.8 Å². The number of nitrogens with zero attached hydrogens (tertiary/aromatic N) is 1. The van der Waals surface area contributed by atoms with Crippen LogP contribution in [0.4, 0.5) is 5.88 Å². The van der Waals surface area contributed by atoms with Crippen LogP contribution in [0, 0.1) is 6.92 Å². The molecule has 0 aliphatic carbocycles. The first-order valence-electron chi connectivity index (χ1n) is 4.87. The van der Waals surface area contributed by atoms with Crippen molar-refractivity contribution in [3.05, 3.63) is 23.9 Å². The first kappa shape index (κ1) is 9.08. The second kappa shape index (κ2) is 3.16. The summed E-state index contributed by atoms with van der Waals surface area (Å²) >= 11 is 0. The largest absolute Gasteiger partial charge is 0.454 e. The van der Waals surface area contributed by atoms with Crippen LogP contribution in [0.2, 0.25) is 0 Å². The minimum atomic E-state index is 0.233. The third-order valence-corrected chi connectivity index (χ3v) is 2.62. The summed E-state index contributed by atoms with van der Waals surface area (Å²) < 4.78 is 15.6. The SMILES string of the molecule is Cc1ccc2c(c1-c1cnoc1N)OCO2. The molecule has 2 N–H and O–H groups in total. The molecule has 1 aromatic carbocycles. The average Bonchev–Trinajstić information content (AvgIpc) is 2.87. The Balaban J connectivity index is 2.28. The van der Waals surface area contributed by atoms with Crippen LogP contribution in [0.3, 0.4) is 0 Å². The van der Waals surface area contributed by atoms with Gasteiger partial charge in [0.15, 0.2) is 11.5 Å². The third kappa shape index (κ3) is 1.14. The molecule has 1 aromatic heterocycles. The van der Waals surface area contributed by atoms with Gasteiger partial charge in [-0.2, -0.15) is 0 Å². The highest BCUT2D eigenvalue weighted by atomic mass is 16.7. The summed E-state index contributed by atoms with van der Waals surface area (Å²) in [7, 11) is 0. The summed E-state index contributed by atoms with van der Waals surface area (Å²) in [6.45, 7) is 2.21. The zero-order chi connectivity index (χ0) is 11.1. The standard InChI is InChI=1S/C11H10N2O3/c1-6-2-3-8-10(15-5-14-8)9(6)7-4-13-16-11(7)12/h2-4H,5,12H2,1H3. The van der Waals surface area contributed by atoms with Gasteiger partial charge in [0.2, 0.25) is 12.7 Å². The molecule has 0 spiro atoms. The number of anilines is 1. The van der Waals surface area contributed by atoms with E-state index in [1.54, 1.807) is 6.20 Å². The van der Waals surface area contributed by atoms with Crippen LogP contribution in [-0.4, -0.2) is 11.9 Å². The molecule has 16 heavy (non-hydrogen) atoms. The topological polar surface area (TPSA) is 70.5 Å². The lowest BCUT2D eigenvalue weighted by molar-refractivity contribution is 0.174. The van der Waals surface area contributed by atoms with Crippen molar-refractivity contribution in [2.75, 3.05) is 12.5 Å². The van der Waals surface area contributed by atoms with Gasteiger partial charge in [-0.1, -0.05) is 11.2 Å². The number of aromatic nitrogens is 1. The van der Waals surface area contributed by atoms with Gasteiger partial charge in [-0.05, 0) is 18.6 Å². The van der Waals surface area contributed by atoms with Crippen LogP contribution in [0.5, 0.6) is 11.5 Å². The molecule has 5 heteroatoms. The van der Waals surface area contributed by atoms with Gasteiger partial charge in [-0.15, -0.1) is 0 Å². The summed E-state index contributed by atoms with van der Waals surface area (Å²) in [4.78, 5) is 0. The number of nitrogens with two attached hydrogens (primary N) is 1. The molecule has 1 aliphatic rings. The highest BCUT2D eigenvalue weighted by molar-refractivity contribution is 5.82. The molecule has 1 aliphatic heterocycles. The van der Waals surface area contributed by atoms with E-state index in [-0.39, 0.29) is 12.7 Å². The molecule has 2 aromatic rings. The number of ether oxygens (including phenoxy) is 2. The number of hydrogen-bond donors (Lipinski definition) is 1. The average molecular weight is 218 g/mol. The first-order chi connectivity index (χ1) is 7.77. The van der Waals surface area contributed by atoms with Gasteiger partial charge in [0.25, 0.3) is 0 Å². The lowest BCUT2D eigenvalue weighted by Crippen LogP contribution is -1.94. The number of nitrogen functional groups attached to an aromatic ring is 1. The van der Waals surface area contributed by atoms with E-state index < -0.39 is 0 Å². The van der Waals surface area contributed by atoms with Crippen molar-refractivity contribution >= 4 is 5.88 Å². The summed E-state index contributed by atoms with van der Waals surface area (Å²) in [5.74, 6) is 1.71. The molecular formula is C11H10N2O3. The fourth-order valence-corrected chi connectivity index (χ4v) is 1.84. The Hall–Kier alpha value is -2.17. The maximum atomic E-state index is 5.71. The Labute approximate surface area is 91.7 Å². The van der Waals surface area contributed by atoms with E-state index in [4.69, 9.17) is 19.7 Å². The lowest BCUT2D eigenvalue weighted by atomic mass is 10.0. The van der Waals surface area contributed by atoms with Crippen LogP contribution >= 0.6 is 0 Å². The van der Waals surface area contributed by atoms with Crippen molar-refractivity contribution in [2.24, 2.45) is 0 Å². The number of benzene rings is 1. The van der Waals surface area contributed by atoms with Crippen molar-refractivity contribution in [2.45, 2.75) is 6.92 Å². The highest BCUT2D eigenvalue weighted by Gasteiger charge is 2.23. The van der Waals surface area contributed by atoms with E-state index >= 15 is 0 Å². The van der Waals surface area contributed by atoms with E-state index in [0.717, 1.165) is 22.4 Å². The predicted octanol–water partition coefficient (Wildman–Crippen LogP) is 1.96. The molecule has 0 fully saturated rings. The third-order valence-electron chi connectivity index (χ3n) is 2.62. The molecule has 0 saturated heterocycles. The smallest absolute Gasteiger partial charge is 0.231 e. The molecular weight excluding hydrogens is 208 g/mol. The van der Waals surface area contributed by atoms with Crippen molar-refractivity contribution in [1.82, 2.24) is 5.16 Å².